The van der Waals surface area contributed by atoms with Gasteiger partial charge < -0.3 is 13.7 Å². The molecule has 0 unspecified atom stereocenters. The van der Waals surface area contributed by atoms with E-state index in [9.17, 15) is 4.79 Å². The Kier molecular flexibility index (Phi) is 5.51. The van der Waals surface area contributed by atoms with Gasteiger partial charge in [-0.3, -0.25) is 4.79 Å². The highest BCUT2D eigenvalue weighted by Gasteiger charge is 2.24. The van der Waals surface area contributed by atoms with E-state index < -0.39 is 5.82 Å². The van der Waals surface area contributed by atoms with Crippen molar-refractivity contribution in [3.63, 3.8) is 0 Å². The first-order valence-corrected chi connectivity index (χ1v) is 11.7. The van der Waals surface area contributed by atoms with Gasteiger partial charge in [-0.1, -0.05) is 6.07 Å². The van der Waals surface area contributed by atoms with Crippen LogP contribution in [0, 0.1) is 5.82 Å². The third kappa shape index (κ3) is 4.12. The molecule has 0 spiro atoms. The molecule has 1 aromatic carbocycles. The van der Waals surface area contributed by atoms with Gasteiger partial charge in [0.15, 0.2) is 17.3 Å². The second-order valence-corrected chi connectivity index (χ2v) is 8.90. The molecule has 0 aliphatic heterocycles. The van der Waals surface area contributed by atoms with Gasteiger partial charge in [0.1, 0.15) is 17.7 Å². The Balaban J connectivity index is 1.21. The minimum Gasteiger partial charge on any atom is -0.494 e. The van der Waals surface area contributed by atoms with Gasteiger partial charge in [-0.2, -0.15) is 0 Å². The zero-order chi connectivity index (χ0) is 24.6. The summed E-state index contributed by atoms with van der Waals surface area (Å²) in [5.41, 5.74) is 4.22. The Labute approximate surface area is 205 Å². The predicted octanol–water partition coefficient (Wildman–Crippen LogP) is 3.40. The van der Waals surface area contributed by atoms with Crippen molar-refractivity contribution in [3.8, 4) is 11.4 Å². The van der Waals surface area contributed by atoms with Crippen LogP contribution in [-0.4, -0.2) is 52.0 Å². The Morgan fingerprint density at radius 2 is 2.06 bits per heavy atom. The van der Waals surface area contributed by atoms with Crippen LogP contribution in [0.1, 0.15) is 52.5 Å². The summed E-state index contributed by atoms with van der Waals surface area (Å²) in [7, 11) is 1.40. The third-order valence-electron chi connectivity index (χ3n) is 6.50. The van der Waals surface area contributed by atoms with E-state index in [1.165, 1.54) is 48.8 Å². The molecule has 0 N–H and O–H groups in total. The standard InChI is InChI=1S/C25H23FN8O2/c1-36-23-8-6-20(34-15-28-30-31-34)19(25(23)26)5-7-22(35)21-10-27-14-33(21)13-18-12-32-11-17(16-2-3-16)4-9-24(32)29-18/h4,6,8-12,14-16H,2-3,5,7,13H2,1H3. The molecule has 4 heterocycles. The van der Waals surface area contributed by atoms with Gasteiger partial charge in [0.25, 0.3) is 0 Å². The fraction of sp³-hybridized carbons (Fsp3) is 0.280. The van der Waals surface area contributed by atoms with Crippen LogP contribution in [0.5, 0.6) is 5.75 Å². The second-order valence-electron chi connectivity index (χ2n) is 8.90. The Morgan fingerprint density at radius 1 is 1.17 bits per heavy atom. The number of imidazole rings is 2. The summed E-state index contributed by atoms with van der Waals surface area (Å²) in [5.74, 6) is 0.0594. The van der Waals surface area contributed by atoms with Crippen molar-refractivity contribution in [1.82, 2.24) is 39.1 Å². The number of tetrazole rings is 1. The molecule has 5 aromatic rings. The summed E-state index contributed by atoms with van der Waals surface area (Å²) in [6.07, 6.45) is 11.3. The van der Waals surface area contributed by atoms with Crippen LogP contribution in [-0.2, 0) is 13.0 Å². The van der Waals surface area contributed by atoms with Crippen LogP contribution < -0.4 is 4.74 Å². The summed E-state index contributed by atoms with van der Waals surface area (Å²) in [6, 6.07) is 7.34. The van der Waals surface area contributed by atoms with Crippen molar-refractivity contribution in [2.45, 2.75) is 38.1 Å². The molecule has 1 fully saturated rings. The second kappa shape index (κ2) is 8.99. The zero-order valence-corrected chi connectivity index (χ0v) is 19.6. The van der Waals surface area contributed by atoms with Crippen molar-refractivity contribution in [3.05, 3.63) is 83.8 Å². The SMILES string of the molecule is COc1ccc(-n2cnnn2)c(CCC(=O)c2cncn2Cc2cn3cc(C4CC4)ccc3n2)c1F. The maximum absolute atomic E-state index is 15.1. The van der Waals surface area contributed by atoms with Crippen molar-refractivity contribution in [2.24, 2.45) is 0 Å². The molecular weight excluding hydrogens is 463 g/mol. The van der Waals surface area contributed by atoms with Crippen LogP contribution in [0.4, 0.5) is 4.39 Å². The lowest BCUT2D eigenvalue weighted by Crippen LogP contribution is -2.12. The van der Waals surface area contributed by atoms with Gasteiger partial charge in [0.2, 0.25) is 0 Å². The number of hydrogen-bond acceptors (Lipinski definition) is 7. The van der Waals surface area contributed by atoms with Gasteiger partial charge in [0, 0.05) is 24.4 Å². The van der Waals surface area contributed by atoms with E-state index in [-0.39, 0.29) is 24.4 Å². The number of rotatable bonds is 9. The molecule has 6 rings (SSSR count). The third-order valence-corrected chi connectivity index (χ3v) is 6.50. The number of pyridine rings is 1. The van der Waals surface area contributed by atoms with Crippen LogP contribution >= 0.6 is 0 Å². The number of Topliss-reactive ketones (excluding diaryl/α,β-unsaturated/α-hetero) is 1. The monoisotopic (exact) mass is 486 g/mol. The Hall–Kier alpha value is -4.41. The number of benzene rings is 1. The number of ketones is 1. The predicted molar refractivity (Wildman–Crippen MR) is 127 cm³/mol. The fourth-order valence-corrected chi connectivity index (χ4v) is 4.49. The van der Waals surface area contributed by atoms with E-state index in [1.54, 1.807) is 17.0 Å². The lowest BCUT2D eigenvalue weighted by Gasteiger charge is -2.13. The molecular formula is C25H23FN8O2. The normalized spacial score (nSPS) is 13.4. The Bertz CT molecular complexity index is 1550. The first kappa shape index (κ1) is 22.1. The Morgan fingerprint density at radius 3 is 2.83 bits per heavy atom. The van der Waals surface area contributed by atoms with Gasteiger partial charge in [-0.05, 0) is 59.4 Å². The number of fused-ring (bicyclic) bond motifs is 1. The average molecular weight is 487 g/mol. The molecule has 182 valence electrons. The molecule has 0 atom stereocenters. The maximum atomic E-state index is 15.1. The highest BCUT2D eigenvalue weighted by Crippen LogP contribution is 2.39. The van der Waals surface area contributed by atoms with Gasteiger partial charge in [-0.25, -0.2) is 19.0 Å². The number of carbonyl (C=O) groups is 1. The average Bonchev–Trinajstić information content (AvgIpc) is 3.24. The van der Waals surface area contributed by atoms with Crippen LogP contribution in [0.2, 0.25) is 0 Å². The molecule has 1 saturated carbocycles. The van der Waals surface area contributed by atoms with E-state index in [4.69, 9.17) is 9.72 Å². The van der Waals surface area contributed by atoms with E-state index >= 15 is 4.39 Å². The molecule has 11 heteroatoms. The molecule has 1 aliphatic carbocycles. The zero-order valence-electron chi connectivity index (χ0n) is 19.6. The number of hydrogen-bond donors (Lipinski definition) is 0. The number of ether oxygens (including phenoxy) is 1. The molecule has 0 amide bonds. The number of aromatic nitrogens is 8. The number of carbonyl (C=O) groups excluding carboxylic acids is 1. The molecule has 4 aromatic heterocycles. The van der Waals surface area contributed by atoms with E-state index in [0.717, 1.165) is 11.3 Å². The molecule has 36 heavy (non-hydrogen) atoms. The number of nitrogens with zero attached hydrogens (tertiary/aromatic N) is 8. The van der Waals surface area contributed by atoms with Crippen molar-refractivity contribution >= 4 is 11.4 Å². The first-order valence-electron chi connectivity index (χ1n) is 11.7. The van der Waals surface area contributed by atoms with E-state index in [1.807, 2.05) is 16.7 Å². The molecule has 0 radical (unpaired) electrons. The highest BCUT2D eigenvalue weighted by molar-refractivity contribution is 5.94. The number of methoxy groups -OCH3 is 1. The largest absolute Gasteiger partial charge is 0.494 e. The van der Waals surface area contributed by atoms with E-state index in [2.05, 4.69) is 32.8 Å². The summed E-state index contributed by atoms with van der Waals surface area (Å²) in [6.45, 7) is 0.408. The topological polar surface area (TPSA) is 105 Å². The summed E-state index contributed by atoms with van der Waals surface area (Å²) >= 11 is 0. The van der Waals surface area contributed by atoms with Gasteiger partial charge in [-0.15, -0.1) is 5.10 Å². The quantitative estimate of drug-likeness (QED) is 0.294. The minimum atomic E-state index is -0.540. The van der Waals surface area contributed by atoms with Crippen LogP contribution in [0.25, 0.3) is 11.3 Å². The first-order chi connectivity index (χ1) is 17.6. The smallest absolute Gasteiger partial charge is 0.181 e. The van der Waals surface area contributed by atoms with E-state index in [0.29, 0.717) is 29.4 Å². The lowest BCUT2D eigenvalue weighted by atomic mass is 10.0. The number of halogens is 1. The minimum absolute atomic E-state index is 0.0703. The highest BCUT2D eigenvalue weighted by atomic mass is 19.1. The van der Waals surface area contributed by atoms with Crippen molar-refractivity contribution in [2.75, 3.05) is 7.11 Å². The van der Waals surface area contributed by atoms with Crippen LogP contribution in [0.15, 0.2) is 55.5 Å². The summed E-state index contributed by atoms with van der Waals surface area (Å²) in [5, 5.41) is 11.1. The summed E-state index contributed by atoms with van der Waals surface area (Å²) in [4.78, 5) is 22.0. The van der Waals surface area contributed by atoms with Crippen molar-refractivity contribution in [1.29, 1.82) is 0 Å². The van der Waals surface area contributed by atoms with Crippen LogP contribution in [0.3, 0.4) is 0 Å². The molecule has 1 aliphatic rings. The molecule has 0 saturated heterocycles. The van der Waals surface area contributed by atoms with Gasteiger partial charge >= 0.3 is 0 Å². The fourth-order valence-electron chi connectivity index (χ4n) is 4.49. The van der Waals surface area contributed by atoms with Crippen molar-refractivity contribution < 1.29 is 13.9 Å². The summed E-state index contributed by atoms with van der Waals surface area (Å²) < 4.78 is 25.4. The molecule has 10 nitrogen and oxygen atoms in total. The lowest BCUT2D eigenvalue weighted by molar-refractivity contribution is 0.0974. The molecule has 0 bridgehead atoms. The van der Waals surface area contributed by atoms with Gasteiger partial charge in [0.05, 0.1) is 37.6 Å². The maximum Gasteiger partial charge on any atom is 0.181 e.